The van der Waals surface area contributed by atoms with Crippen LogP contribution in [-0.2, 0) is 0 Å². The van der Waals surface area contributed by atoms with Crippen molar-refractivity contribution in [1.29, 1.82) is 0 Å². The first kappa shape index (κ1) is 12.3. The third-order valence-electron chi connectivity index (χ3n) is 3.06. The van der Waals surface area contributed by atoms with Crippen LogP contribution in [0.5, 0.6) is 0 Å². The van der Waals surface area contributed by atoms with E-state index in [0.29, 0.717) is 16.9 Å². The summed E-state index contributed by atoms with van der Waals surface area (Å²) in [5.74, 6) is 1.28. The first-order valence-electron chi connectivity index (χ1n) is 5.80. The number of hydrogen-bond acceptors (Lipinski definition) is 3. The Bertz CT molecular complexity index is 611. The molecule has 0 atom stereocenters. The number of hydrogen-bond donors (Lipinski definition) is 0. The molecule has 1 aliphatic rings. The zero-order chi connectivity index (χ0) is 12.7. The van der Waals surface area contributed by atoms with Gasteiger partial charge < -0.3 is 0 Å². The van der Waals surface area contributed by atoms with Crippen LogP contribution in [0.4, 0.5) is 0 Å². The quantitative estimate of drug-likeness (QED) is 0.592. The molecule has 1 fully saturated rings. The molecule has 2 aromatic heterocycles. The van der Waals surface area contributed by atoms with Crippen molar-refractivity contribution in [3.8, 4) is 11.4 Å². The summed E-state index contributed by atoms with van der Waals surface area (Å²) in [5, 5.41) is 0.554. The second kappa shape index (κ2) is 4.74. The minimum atomic E-state index is 0.554. The van der Waals surface area contributed by atoms with E-state index in [9.17, 15) is 0 Å². The highest BCUT2D eigenvalue weighted by Crippen LogP contribution is 2.42. The van der Waals surface area contributed by atoms with Crippen LogP contribution in [0.15, 0.2) is 18.5 Å². The van der Waals surface area contributed by atoms with Gasteiger partial charge in [0.2, 0.25) is 0 Å². The molecule has 5 heteroatoms. The Labute approximate surface area is 124 Å². The minimum Gasteiger partial charge on any atom is -0.264 e. The van der Waals surface area contributed by atoms with Crippen molar-refractivity contribution in [3.05, 3.63) is 38.4 Å². The topological polar surface area (TPSA) is 38.7 Å². The van der Waals surface area contributed by atoms with Crippen molar-refractivity contribution < 1.29 is 0 Å². The number of halogens is 2. The molecule has 3 rings (SSSR count). The van der Waals surface area contributed by atoms with Gasteiger partial charge in [-0.1, -0.05) is 11.6 Å². The number of aromatic nitrogens is 3. The van der Waals surface area contributed by atoms with Crippen LogP contribution < -0.4 is 0 Å². The maximum absolute atomic E-state index is 6.22. The van der Waals surface area contributed by atoms with Crippen molar-refractivity contribution in [1.82, 2.24) is 15.0 Å². The van der Waals surface area contributed by atoms with Crippen molar-refractivity contribution in [3.63, 3.8) is 0 Å². The summed E-state index contributed by atoms with van der Waals surface area (Å²) in [5.41, 5.74) is 3.17. The van der Waals surface area contributed by atoms with Crippen molar-refractivity contribution in [2.24, 2.45) is 0 Å². The molecular formula is C13H11ClIN3. The summed E-state index contributed by atoms with van der Waals surface area (Å²) >= 11 is 8.45. The van der Waals surface area contributed by atoms with Gasteiger partial charge in [-0.25, -0.2) is 9.97 Å². The second-order valence-electron chi connectivity index (χ2n) is 4.50. The van der Waals surface area contributed by atoms with E-state index in [1.165, 1.54) is 12.8 Å². The Hall–Kier alpha value is -0.750. The third-order valence-corrected chi connectivity index (χ3v) is 4.72. The maximum Gasteiger partial charge on any atom is 0.161 e. The number of rotatable bonds is 2. The SMILES string of the molecule is Cc1cnccc1-c1nc(Cl)c(I)c(C2CC2)n1. The number of aryl methyl sites for hydroxylation is 1. The molecular weight excluding hydrogens is 361 g/mol. The van der Waals surface area contributed by atoms with E-state index in [1.807, 2.05) is 19.2 Å². The molecule has 1 saturated carbocycles. The Morgan fingerprint density at radius 1 is 1.33 bits per heavy atom. The lowest BCUT2D eigenvalue weighted by Gasteiger charge is -2.09. The van der Waals surface area contributed by atoms with E-state index >= 15 is 0 Å². The highest BCUT2D eigenvalue weighted by molar-refractivity contribution is 14.1. The van der Waals surface area contributed by atoms with E-state index in [-0.39, 0.29) is 0 Å². The average Bonchev–Trinajstić information content (AvgIpc) is 3.17. The molecule has 92 valence electrons. The second-order valence-corrected chi connectivity index (χ2v) is 5.94. The molecule has 0 amide bonds. The molecule has 0 aromatic carbocycles. The predicted octanol–water partition coefficient (Wildman–Crippen LogP) is 3.98. The fourth-order valence-corrected chi connectivity index (χ4v) is 2.77. The molecule has 0 spiro atoms. The summed E-state index contributed by atoms with van der Waals surface area (Å²) in [7, 11) is 0. The lowest BCUT2D eigenvalue weighted by Crippen LogP contribution is -2.00. The van der Waals surface area contributed by atoms with Gasteiger partial charge in [-0.2, -0.15) is 0 Å². The molecule has 3 nitrogen and oxygen atoms in total. The van der Waals surface area contributed by atoms with E-state index in [0.717, 1.165) is 20.4 Å². The zero-order valence-corrected chi connectivity index (χ0v) is 12.7. The van der Waals surface area contributed by atoms with Gasteiger partial charge in [0.1, 0.15) is 5.15 Å². The number of nitrogens with zero attached hydrogens (tertiary/aromatic N) is 3. The summed E-state index contributed by atoms with van der Waals surface area (Å²) in [4.78, 5) is 13.2. The molecule has 2 heterocycles. The van der Waals surface area contributed by atoms with Gasteiger partial charge in [-0.3, -0.25) is 4.98 Å². The maximum atomic E-state index is 6.22. The largest absolute Gasteiger partial charge is 0.264 e. The summed E-state index contributed by atoms with van der Waals surface area (Å²) in [6, 6.07) is 1.94. The first-order chi connectivity index (χ1) is 8.66. The van der Waals surface area contributed by atoms with Gasteiger partial charge in [0.05, 0.1) is 9.26 Å². The van der Waals surface area contributed by atoms with Gasteiger partial charge in [-0.15, -0.1) is 0 Å². The third kappa shape index (κ3) is 2.23. The molecule has 0 aliphatic heterocycles. The van der Waals surface area contributed by atoms with Crippen LogP contribution in [0.1, 0.15) is 30.0 Å². The predicted molar refractivity (Wildman–Crippen MR) is 79.7 cm³/mol. The van der Waals surface area contributed by atoms with Crippen molar-refractivity contribution in [2.45, 2.75) is 25.7 Å². The molecule has 1 aliphatic carbocycles. The minimum absolute atomic E-state index is 0.554. The van der Waals surface area contributed by atoms with Crippen LogP contribution in [0.25, 0.3) is 11.4 Å². The van der Waals surface area contributed by atoms with Crippen LogP contribution in [-0.4, -0.2) is 15.0 Å². The van der Waals surface area contributed by atoms with E-state index < -0.39 is 0 Å². The highest BCUT2D eigenvalue weighted by atomic mass is 127. The van der Waals surface area contributed by atoms with Gasteiger partial charge in [-0.05, 0) is 54.0 Å². The Kier molecular flexibility index (Phi) is 3.23. The summed E-state index contributed by atoms with van der Waals surface area (Å²) in [6.07, 6.45) is 5.99. The summed E-state index contributed by atoms with van der Waals surface area (Å²) < 4.78 is 0.993. The standard InChI is InChI=1S/C13H11ClIN3/c1-7-6-16-5-4-9(7)13-17-11(8-2-3-8)10(15)12(14)18-13/h4-6,8H,2-3H2,1H3. The van der Waals surface area contributed by atoms with Crippen LogP contribution in [0.2, 0.25) is 5.15 Å². The average molecular weight is 372 g/mol. The highest BCUT2D eigenvalue weighted by Gasteiger charge is 2.29. The van der Waals surface area contributed by atoms with Crippen LogP contribution in [0.3, 0.4) is 0 Å². The van der Waals surface area contributed by atoms with Crippen molar-refractivity contribution in [2.75, 3.05) is 0 Å². The van der Waals surface area contributed by atoms with Gasteiger partial charge in [0.15, 0.2) is 5.82 Å². The molecule has 2 aromatic rings. The van der Waals surface area contributed by atoms with E-state index in [4.69, 9.17) is 16.6 Å². The molecule has 18 heavy (non-hydrogen) atoms. The normalized spacial score (nSPS) is 14.8. The smallest absolute Gasteiger partial charge is 0.161 e. The Balaban J connectivity index is 2.16. The van der Waals surface area contributed by atoms with Crippen LogP contribution >= 0.6 is 34.2 Å². The van der Waals surface area contributed by atoms with Gasteiger partial charge >= 0.3 is 0 Å². The molecule has 0 saturated heterocycles. The first-order valence-corrected chi connectivity index (χ1v) is 7.26. The lowest BCUT2D eigenvalue weighted by atomic mass is 10.1. The molecule has 0 unspecified atom stereocenters. The zero-order valence-electron chi connectivity index (χ0n) is 9.82. The molecule has 0 N–H and O–H groups in total. The number of pyridine rings is 1. The van der Waals surface area contributed by atoms with E-state index in [1.54, 1.807) is 6.20 Å². The Morgan fingerprint density at radius 2 is 2.11 bits per heavy atom. The summed E-state index contributed by atoms with van der Waals surface area (Å²) in [6.45, 7) is 2.01. The lowest BCUT2D eigenvalue weighted by molar-refractivity contribution is 0.976. The van der Waals surface area contributed by atoms with Crippen molar-refractivity contribution >= 4 is 34.2 Å². The monoisotopic (exact) mass is 371 g/mol. The Morgan fingerprint density at radius 3 is 2.78 bits per heavy atom. The van der Waals surface area contributed by atoms with E-state index in [2.05, 4.69) is 32.6 Å². The fourth-order valence-electron chi connectivity index (χ4n) is 1.91. The molecule has 0 radical (unpaired) electrons. The van der Waals surface area contributed by atoms with Gasteiger partial charge in [0, 0.05) is 23.9 Å². The van der Waals surface area contributed by atoms with Gasteiger partial charge in [0.25, 0.3) is 0 Å². The van der Waals surface area contributed by atoms with Crippen LogP contribution in [0, 0.1) is 10.5 Å². The fraction of sp³-hybridized carbons (Fsp3) is 0.308. The molecule has 0 bridgehead atoms.